The maximum atomic E-state index is 13.3. The molecular formula is C10H9F4NO2. The fraction of sp³-hybridized carbons (Fsp3) is 0.300. The largest absolute Gasteiger partial charge is 0.480 e. The van der Waals surface area contributed by atoms with E-state index in [9.17, 15) is 22.4 Å². The number of carboxylic acid groups (broad SMARTS) is 1. The number of halogens is 4. The quantitative estimate of drug-likeness (QED) is 0.805. The van der Waals surface area contributed by atoms with E-state index in [2.05, 4.69) is 0 Å². The van der Waals surface area contributed by atoms with Crippen molar-refractivity contribution >= 4 is 5.97 Å². The van der Waals surface area contributed by atoms with Crippen LogP contribution in [0.1, 0.15) is 11.1 Å². The summed E-state index contributed by atoms with van der Waals surface area (Å²) in [7, 11) is 0. The van der Waals surface area contributed by atoms with Gasteiger partial charge in [0.25, 0.3) is 0 Å². The molecule has 0 amide bonds. The number of hydrogen-bond donors (Lipinski definition) is 2. The normalized spacial score (nSPS) is 13.5. The van der Waals surface area contributed by atoms with Crippen LogP contribution in [0.25, 0.3) is 0 Å². The summed E-state index contributed by atoms with van der Waals surface area (Å²) >= 11 is 0. The first-order valence-corrected chi connectivity index (χ1v) is 4.56. The molecule has 17 heavy (non-hydrogen) atoms. The van der Waals surface area contributed by atoms with Gasteiger partial charge in [-0.2, -0.15) is 13.2 Å². The topological polar surface area (TPSA) is 63.3 Å². The van der Waals surface area contributed by atoms with Crippen molar-refractivity contribution in [1.29, 1.82) is 0 Å². The lowest BCUT2D eigenvalue weighted by Gasteiger charge is -2.15. The zero-order valence-electron chi connectivity index (χ0n) is 8.46. The molecule has 1 atom stereocenters. The predicted octanol–water partition coefficient (Wildman–Crippen LogP) is 1.80. The van der Waals surface area contributed by atoms with Gasteiger partial charge in [-0.25, -0.2) is 4.39 Å². The summed E-state index contributed by atoms with van der Waals surface area (Å²) in [4.78, 5) is 10.4. The number of carbonyl (C=O) groups is 1. The van der Waals surface area contributed by atoms with Crippen LogP contribution in [0.15, 0.2) is 18.2 Å². The van der Waals surface area contributed by atoms with Crippen LogP contribution < -0.4 is 5.73 Å². The third kappa shape index (κ3) is 3.16. The predicted molar refractivity (Wildman–Crippen MR) is 50.7 cm³/mol. The Morgan fingerprint density at radius 2 is 2.00 bits per heavy atom. The molecule has 0 saturated carbocycles. The molecule has 94 valence electrons. The molecule has 0 fully saturated rings. The van der Waals surface area contributed by atoms with Gasteiger partial charge in [0.2, 0.25) is 0 Å². The molecule has 0 saturated heterocycles. The molecule has 3 nitrogen and oxygen atoms in total. The van der Waals surface area contributed by atoms with Crippen LogP contribution in [0.2, 0.25) is 0 Å². The SMILES string of the molecule is NC(Cc1c(F)cccc1C(F)(F)F)C(=O)O. The van der Waals surface area contributed by atoms with Crippen LogP contribution in [0.5, 0.6) is 0 Å². The number of hydrogen-bond acceptors (Lipinski definition) is 2. The Morgan fingerprint density at radius 1 is 1.41 bits per heavy atom. The molecular weight excluding hydrogens is 242 g/mol. The highest BCUT2D eigenvalue weighted by molar-refractivity contribution is 5.73. The van der Waals surface area contributed by atoms with Gasteiger partial charge in [-0.05, 0) is 12.1 Å². The summed E-state index contributed by atoms with van der Waals surface area (Å²) in [6.07, 6.45) is -5.45. The number of alkyl halides is 3. The maximum Gasteiger partial charge on any atom is 0.416 e. The van der Waals surface area contributed by atoms with Gasteiger partial charge >= 0.3 is 12.1 Å². The monoisotopic (exact) mass is 251 g/mol. The van der Waals surface area contributed by atoms with E-state index in [0.717, 1.165) is 12.1 Å². The summed E-state index contributed by atoms with van der Waals surface area (Å²) in [5.74, 6) is -2.60. The van der Waals surface area contributed by atoms with Crippen LogP contribution in [-0.2, 0) is 17.4 Å². The lowest BCUT2D eigenvalue weighted by molar-refractivity contribution is -0.141. The second kappa shape index (κ2) is 4.70. The minimum Gasteiger partial charge on any atom is -0.480 e. The minimum atomic E-state index is -4.74. The second-order valence-corrected chi connectivity index (χ2v) is 3.41. The van der Waals surface area contributed by atoms with Gasteiger partial charge in [0, 0.05) is 12.0 Å². The fourth-order valence-electron chi connectivity index (χ4n) is 1.34. The smallest absolute Gasteiger partial charge is 0.416 e. The van der Waals surface area contributed by atoms with E-state index in [1.54, 1.807) is 0 Å². The molecule has 0 radical (unpaired) electrons. The molecule has 0 aromatic heterocycles. The number of nitrogens with two attached hydrogens (primary N) is 1. The van der Waals surface area contributed by atoms with E-state index in [4.69, 9.17) is 10.8 Å². The highest BCUT2D eigenvalue weighted by Crippen LogP contribution is 2.33. The zero-order chi connectivity index (χ0) is 13.2. The second-order valence-electron chi connectivity index (χ2n) is 3.41. The molecule has 0 aliphatic carbocycles. The Kier molecular flexibility index (Phi) is 3.72. The summed E-state index contributed by atoms with van der Waals surface area (Å²) in [5.41, 5.74) is 3.17. The summed E-state index contributed by atoms with van der Waals surface area (Å²) < 4.78 is 50.8. The first kappa shape index (κ1) is 13.4. The van der Waals surface area contributed by atoms with Crippen molar-refractivity contribution in [3.8, 4) is 0 Å². The number of aliphatic carboxylic acids is 1. The first-order chi connectivity index (χ1) is 7.73. The van der Waals surface area contributed by atoms with Crippen molar-refractivity contribution in [2.45, 2.75) is 18.6 Å². The summed E-state index contributed by atoms with van der Waals surface area (Å²) in [5, 5.41) is 8.50. The highest BCUT2D eigenvalue weighted by Gasteiger charge is 2.35. The third-order valence-corrected chi connectivity index (χ3v) is 2.17. The van der Waals surface area contributed by atoms with E-state index in [0.29, 0.717) is 6.07 Å². The van der Waals surface area contributed by atoms with E-state index < -0.39 is 41.6 Å². The van der Waals surface area contributed by atoms with Gasteiger partial charge in [0.05, 0.1) is 5.56 Å². The number of rotatable bonds is 3. The van der Waals surface area contributed by atoms with Crippen molar-refractivity contribution in [1.82, 2.24) is 0 Å². The van der Waals surface area contributed by atoms with Gasteiger partial charge < -0.3 is 10.8 Å². The molecule has 0 bridgehead atoms. The molecule has 3 N–H and O–H groups in total. The maximum absolute atomic E-state index is 13.3. The van der Waals surface area contributed by atoms with E-state index in [1.165, 1.54) is 0 Å². The molecule has 0 aliphatic rings. The first-order valence-electron chi connectivity index (χ1n) is 4.56. The Hall–Kier alpha value is -1.63. The van der Waals surface area contributed by atoms with E-state index >= 15 is 0 Å². The standard InChI is InChI=1S/C10H9F4NO2/c11-7-3-1-2-6(10(12,13)14)5(7)4-8(15)9(16)17/h1-3,8H,4,15H2,(H,16,17). The third-order valence-electron chi connectivity index (χ3n) is 2.17. The van der Waals surface area contributed by atoms with Gasteiger partial charge in [-0.3, -0.25) is 4.79 Å². The molecule has 1 rings (SSSR count). The molecule has 1 aromatic rings. The van der Waals surface area contributed by atoms with Crippen LogP contribution in [-0.4, -0.2) is 17.1 Å². The highest BCUT2D eigenvalue weighted by atomic mass is 19.4. The van der Waals surface area contributed by atoms with Crippen LogP contribution in [0, 0.1) is 5.82 Å². The lowest BCUT2D eigenvalue weighted by atomic mass is 9.99. The van der Waals surface area contributed by atoms with Crippen molar-refractivity contribution < 1.29 is 27.5 Å². The summed E-state index contributed by atoms with van der Waals surface area (Å²) in [6.45, 7) is 0. The Balaban J connectivity index is 3.17. The Labute approximate surface area is 93.8 Å². The van der Waals surface area contributed by atoms with E-state index in [-0.39, 0.29) is 0 Å². The number of carboxylic acids is 1. The van der Waals surface area contributed by atoms with Crippen LogP contribution in [0.3, 0.4) is 0 Å². The molecule has 0 heterocycles. The van der Waals surface area contributed by atoms with Crippen molar-refractivity contribution in [2.75, 3.05) is 0 Å². The van der Waals surface area contributed by atoms with Gasteiger partial charge in [-0.15, -0.1) is 0 Å². The van der Waals surface area contributed by atoms with Crippen molar-refractivity contribution in [2.24, 2.45) is 5.73 Å². The van der Waals surface area contributed by atoms with Gasteiger partial charge in [0.1, 0.15) is 11.9 Å². The Bertz CT molecular complexity index is 431. The van der Waals surface area contributed by atoms with Gasteiger partial charge in [-0.1, -0.05) is 6.07 Å². The Morgan fingerprint density at radius 3 is 2.47 bits per heavy atom. The van der Waals surface area contributed by atoms with Gasteiger partial charge in [0.15, 0.2) is 0 Å². The van der Waals surface area contributed by atoms with E-state index in [1.807, 2.05) is 0 Å². The molecule has 0 aliphatic heterocycles. The minimum absolute atomic E-state index is 0.687. The van der Waals surface area contributed by atoms with Crippen molar-refractivity contribution in [3.05, 3.63) is 35.1 Å². The van der Waals surface area contributed by atoms with Crippen LogP contribution >= 0.6 is 0 Å². The molecule has 1 unspecified atom stereocenters. The molecule has 0 spiro atoms. The molecule has 1 aromatic carbocycles. The number of benzene rings is 1. The lowest BCUT2D eigenvalue weighted by Crippen LogP contribution is -2.33. The fourth-order valence-corrected chi connectivity index (χ4v) is 1.34. The van der Waals surface area contributed by atoms with Crippen LogP contribution in [0.4, 0.5) is 17.6 Å². The average Bonchev–Trinajstić information content (AvgIpc) is 2.18. The molecule has 7 heteroatoms. The average molecular weight is 251 g/mol. The summed E-state index contributed by atoms with van der Waals surface area (Å²) in [6, 6.07) is 0.855. The van der Waals surface area contributed by atoms with Crippen molar-refractivity contribution in [3.63, 3.8) is 0 Å². The zero-order valence-corrected chi connectivity index (χ0v) is 8.46.